The average Bonchev–Trinajstić information content (AvgIpc) is 2.75. The lowest BCUT2D eigenvalue weighted by Crippen LogP contribution is -2.45. The number of hydrazone groups is 1. The summed E-state index contributed by atoms with van der Waals surface area (Å²) in [5, 5.41) is 4.15. The number of aryl methyl sites for hydroxylation is 1. The summed E-state index contributed by atoms with van der Waals surface area (Å²) in [6.07, 6.45) is 5.09. The molecule has 1 aliphatic rings. The van der Waals surface area contributed by atoms with Gasteiger partial charge in [-0.1, -0.05) is 25.1 Å². The van der Waals surface area contributed by atoms with E-state index in [0.29, 0.717) is 11.5 Å². The van der Waals surface area contributed by atoms with E-state index in [0.717, 1.165) is 24.1 Å². The fourth-order valence-corrected chi connectivity index (χ4v) is 4.10. The van der Waals surface area contributed by atoms with Gasteiger partial charge < -0.3 is 14.4 Å². The summed E-state index contributed by atoms with van der Waals surface area (Å²) >= 11 is 0. The van der Waals surface area contributed by atoms with Crippen molar-refractivity contribution in [1.29, 1.82) is 0 Å². The number of anilines is 1. The van der Waals surface area contributed by atoms with Crippen molar-refractivity contribution in [2.24, 2.45) is 5.10 Å². The van der Waals surface area contributed by atoms with Gasteiger partial charge in [0.05, 0.1) is 18.9 Å². The van der Waals surface area contributed by atoms with Crippen LogP contribution in [0.25, 0.3) is 5.57 Å². The van der Waals surface area contributed by atoms with Crippen LogP contribution in [0.3, 0.4) is 0 Å². The Morgan fingerprint density at radius 3 is 2.59 bits per heavy atom. The van der Waals surface area contributed by atoms with Crippen molar-refractivity contribution < 1.29 is 14.3 Å². The van der Waals surface area contributed by atoms with Crippen LogP contribution < -0.4 is 19.8 Å². The van der Waals surface area contributed by atoms with Gasteiger partial charge in [0.2, 0.25) is 0 Å². The highest BCUT2D eigenvalue weighted by Crippen LogP contribution is 2.40. The molecule has 0 fully saturated rings. The van der Waals surface area contributed by atoms with Gasteiger partial charge in [-0.25, -0.2) is 5.43 Å². The van der Waals surface area contributed by atoms with Gasteiger partial charge in [0.15, 0.2) is 18.1 Å². The number of hydrogen-bond donors (Lipinski definition) is 1. The molecular weight excluding hydrogens is 402 g/mol. The first-order valence-electron chi connectivity index (χ1n) is 11.0. The maximum Gasteiger partial charge on any atom is 0.277 e. The quantitative estimate of drug-likeness (QED) is 0.471. The molecule has 6 nitrogen and oxygen atoms in total. The molecule has 0 unspecified atom stereocenters. The minimum absolute atomic E-state index is 0.0233. The van der Waals surface area contributed by atoms with Crippen LogP contribution in [0, 0.1) is 6.92 Å². The van der Waals surface area contributed by atoms with E-state index in [2.05, 4.69) is 68.3 Å². The number of fused-ring (bicyclic) bond motifs is 1. The number of carbonyl (C=O) groups excluding carboxylic acids is 1. The first-order valence-corrected chi connectivity index (χ1v) is 11.0. The van der Waals surface area contributed by atoms with E-state index in [4.69, 9.17) is 9.47 Å². The molecule has 0 radical (unpaired) electrons. The molecule has 0 aliphatic carbocycles. The molecule has 1 heterocycles. The second kappa shape index (κ2) is 9.90. The third kappa shape index (κ3) is 5.13. The SMILES string of the molecule is CCCN1c2cc(C)c(/C=N/NC(=O)COc3ccccc3OC)cc2C(C)=CC1(C)C. The van der Waals surface area contributed by atoms with E-state index in [1.54, 1.807) is 25.5 Å². The van der Waals surface area contributed by atoms with Crippen LogP contribution in [0.15, 0.2) is 47.6 Å². The van der Waals surface area contributed by atoms with Crippen molar-refractivity contribution in [3.8, 4) is 11.5 Å². The molecule has 0 spiro atoms. The lowest BCUT2D eigenvalue weighted by molar-refractivity contribution is -0.123. The van der Waals surface area contributed by atoms with Crippen molar-refractivity contribution in [2.75, 3.05) is 25.2 Å². The van der Waals surface area contributed by atoms with E-state index in [1.165, 1.54) is 16.8 Å². The van der Waals surface area contributed by atoms with E-state index in [-0.39, 0.29) is 18.1 Å². The smallest absolute Gasteiger partial charge is 0.277 e. The van der Waals surface area contributed by atoms with Crippen molar-refractivity contribution in [2.45, 2.75) is 46.6 Å². The third-order valence-corrected chi connectivity index (χ3v) is 5.63. The molecule has 6 heteroatoms. The summed E-state index contributed by atoms with van der Waals surface area (Å²) in [6, 6.07) is 11.6. The molecule has 32 heavy (non-hydrogen) atoms. The number of hydrogen-bond acceptors (Lipinski definition) is 5. The molecule has 170 valence electrons. The Balaban J connectivity index is 1.70. The van der Waals surface area contributed by atoms with Crippen LogP contribution in [0.1, 0.15) is 50.8 Å². The average molecular weight is 436 g/mol. The standard InChI is InChI=1S/C26H33N3O3/c1-7-12-29-22-13-18(2)20(14-21(22)19(3)15-26(29,4)5)16-27-28-25(30)17-32-24-11-9-8-10-23(24)31-6/h8-11,13-16H,7,12,17H2,1-6H3,(H,28,30)/b27-16+. The second-order valence-corrected chi connectivity index (χ2v) is 8.59. The summed E-state index contributed by atoms with van der Waals surface area (Å²) in [4.78, 5) is 14.6. The molecule has 0 saturated heterocycles. The van der Waals surface area contributed by atoms with Crippen molar-refractivity contribution >= 4 is 23.4 Å². The molecule has 2 aromatic rings. The molecule has 0 bridgehead atoms. The largest absolute Gasteiger partial charge is 0.493 e. The predicted octanol–water partition coefficient (Wildman–Crippen LogP) is 4.94. The molecule has 3 rings (SSSR count). The number of methoxy groups -OCH3 is 1. The van der Waals surface area contributed by atoms with Crippen LogP contribution in [-0.4, -0.2) is 37.9 Å². The number of benzene rings is 2. The van der Waals surface area contributed by atoms with Gasteiger partial charge in [-0.3, -0.25) is 4.79 Å². The van der Waals surface area contributed by atoms with E-state index in [9.17, 15) is 4.79 Å². The molecule has 0 atom stereocenters. The number of carbonyl (C=O) groups is 1. The van der Waals surface area contributed by atoms with Crippen LogP contribution >= 0.6 is 0 Å². The fraction of sp³-hybridized carbons (Fsp3) is 0.385. The van der Waals surface area contributed by atoms with E-state index < -0.39 is 0 Å². The van der Waals surface area contributed by atoms with E-state index in [1.807, 2.05) is 12.1 Å². The Labute approximate surface area is 190 Å². The maximum atomic E-state index is 12.2. The maximum absolute atomic E-state index is 12.2. The zero-order valence-corrected chi connectivity index (χ0v) is 19.9. The summed E-state index contributed by atoms with van der Waals surface area (Å²) in [5.74, 6) is 0.758. The Bertz CT molecular complexity index is 1040. The van der Waals surface area contributed by atoms with Crippen LogP contribution in [0.2, 0.25) is 0 Å². The Morgan fingerprint density at radius 1 is 1.19 bits per heavy atom. The molecule has 1 N–H and O–H groups in total. The summed E-state index contributed by atoms with van der Waals surface area (Å²) in [5.41, 5.74) is 8.30. The van der Waals surface area contributed by atoms with Crippen molar-refractivity contribution in [3.63, 3.8) is 0 Å². The zero-order valence-electron chi connectivity index (χ0n) is 19.9. The minimum Gasteiger partial charge on any atom is -0.493 e. The highest BCUT2D eigenvalue weighted by Gasteiger charge is 2.31. The van der Waals surface area contributed by atoms with Gasteiger partial charge in [-0.2, -0.15) is 5.10 Å². The molecule has 1 amide bonds. The third-order valence-electron chi connectivity index (χ3n) is 5.63. The minimum atomic E-state index is -0.338. The first-order chi connectivity index (χ1) is 15.3. The summed E-state index contributed by atoms with van der Waals surface area (Å²) in [7, 11) is 1.56. The number of nitrogens with one attached hydrogen (secondary N) is 1. The lowest BCUT2D eigenvalue weighted by Gasteiger charge is -2.43. The molecule has 2 aromatic carbocycles. The van der Waals surface area contributed by atoms with Crippen molar-refractivity contribution in [1.82, 2.24) is 5.43 Å². The zero-order chi connectivity index (χ0) is 23.3. The monoisotopic (exact) mass is 435 g/mol. The topological polar surface area (TPSA) is 63.2 Å². The Kier molecular flexibility index (Phi) is 7.23. The van der Waals surface area contributed by atoms with E-state index >= 15 is 0 Å². The highest BCUT2D eigenvalue weighted by atomic mass is 16.5. The van der Waals surface area contributed by atoms with Gasteiger partial charge >= 0.3 is 0 Å². The highest BCUT2D eigenvalue weighted by molar-refractivity contribution is 5.90. The van der Waals surface area contributed by atoms with Gasteiger partial charge in [-0.05, 0) is 75.1 Å². The Hall–Kier alpha value is -3.28. The second-order valence-electron chi connectivity index (χ2n) is 8.59. The summed E-state index contributed by atoms with van der Waals surface area (Å²) in [6.45, 7) is 11.8. The van der Waals surface area contributed by atoms with Gasteiger partial charge in [-0.15, -0.1) is 0 Å². The van der Waals surface area contributed by atoms with Crippen molar-refractivity contribution in [3.05, 3.63) is 59.2 Å². The van der Waals surface area contributed by atoms with Crippen LogP contribution in [0.5, 0.6) is 11.5 Å². The number of para-hydroxylation sites is 2. The summed E-state index contributed by atoms with van der Waals surface area (Å²) < 4.78 is 10.8. The van der Waals surface area contributed by atoms with Crippen LogP contribution in [0.4, 0.5) is 5.69 Å². The number of rotatable bonds is 8. The van der Waals surface area contributed by atoms with Gasteiger partial charge in [0, 0.05) is 17.8 Å². The normalized spacial score (nSPS) is 14.7. The predicted molar refractivity (Wildman–Crippen MR) is 131 cm³/mol. The molecular formula is C26H33N3O3. The first kappa shape index (κ1) is 23.4. The molecule has 0 saturated carbocycles. The number of nitrogens with zero attached hydrogens (tertiary/aromatic N) is 2. The number of amides is 1. The molecule has 1 aliphatic heterocycles. The number of ether oxygens (including phenoxy) is 2. The lowest BCUT2D eigenvalue weighted by atomic mass is 9.87. The number of allylic oxidation sites excluding steroid dienone is 1. The van der Waals surface area contributed by atoms with Gasteiger partial charge in [0.25, 0.3) is 5.91 Å². The molecule has 0 aromatic heterocycles. The van der Waals surface area contributed by atoms with Gasteiger partial charge in [0.1, 0.15) is 0 Å². The Morgan fingerprint density at radius 2 is 1.91 bits per heavy atom. The fourth-order valence-electron chi connectivity index (χ4n) is 4.10. The van der Waals surface area contributed by atoms with Crippen LogP contribution in [-0.2, 0) is 4.79 Å².